The Morgan fingerprint density at radius 3 is 2.60 bits per heavy atom. The normalized spacial score (nSPS) is 15.2. The summed E-state index contributed by atoms with van der Waals surface area (Å²) in [5.41, 5.74) is 1.67. The van der Waals surface area contributed by atoms with E-state index in [9.17, 15) is 4.79 Å². The van der Waals surface area contributed by atoms with Crippen molar-refractivity contribution in [3.05, 3.63) is 47.2 Å². The quantitative estimate of drug-likeness (QED) is 0.888. The van der Waals surface area contributed by atoms with E-state index in [2.05, 4.69) is 32.1 Å². The average Bonchev–Trinajstić information content (AvgIpc) is 2.62. The van der Waals surface area contributed by atoms with Gasteiger partial charge in [0.05, 0.1) is 18.1 Å². The van der Waals surface area contributed by atoms with Crippen molar-refractivity contribution >= 4 is 29.1 Å². The number of benzene rings is 1. The fourth-order valence-electron chi connectivity index (χ4n) is 2.73. The third-order valence-corrected chi connectivity index (χ3v) is 4.47. The van der Waals surface area contributed by atoms with E-state index < -0.39 is 0 Å². The molecule has 0 atom stereocenters. The van der Waals surface area contributed by atoms with E-state index in [1.807, 2.05) is 24.3 Å². The van der Waals surface area contributed by atoms with Crippen molar-refractivity contribution in [3.8, 4) is 0 Å². The van der Waals surface area contributed by atoms with Crippen molar-refractivity contribution in [2.75, 3.05) is 43.4 Å². The standard InChI is InChI=1S/C18H22ClN5O/c1-23-7-9-24(10-8-23)18-20-12-16(13-21-18)22-17(25)6-5-14-3-2-4-15(19)11-14/h2-4,11-13H,5-10H2,1H3,(H,22,25). The number of carbonyl (C=O) groups is 1. The molecule has 1 aliphatic heterocycles. The highest BCUT2D eigenvalue weighted by Gasteiger charge is 2.16. The van der Waals surface area contributed by atoms with Crippen LogP contribution in [0.3, 0.4) is 0 Å². The molecule has 0 aliphatic carbocycles. The summed E-state index contributed by atoms with van der Waals surface area (Å²) in [7, 11) is 2.11. The van der Waals surface area contributed by atoms with Crippen molar-refractivity contribution in [1.82, 2.24) is 14.9 Å². The van der Waals surface area contributed by atoms with Crippen molar-refractivity contribution in [2.45, 2.75) is 12.8 Å². The smallest absolute Gasteiger partial charge is 0.225 e. The van der Waals surface area contributed by atoms with Crippen LogP contribution in [-0.2, 0) is 11.2 Å². The lowest BCUT2D eigenvalue weighted by atomic mass is 10.1. The molecular formula is C18H22ClN5O. The van der Waals surface area contributed by atoms with Gasteiger partial charge in [-0.3, -0.25) is 4.79 Å². The third kappa shape index (κ3) is 5.14. The number of anilines is 2. The monoisotopic (exact) mass is 359 g/mol. The van der Waals surface area contributed by atoms with Crippen LogP contribution in [0, 0.1) is 0 Å². The van der Waals surface area contributed by atoms with Crippen molar-refractivity contribution in [2.24, 2.45) is 0 Å². The molecule has 0 saturated carbocycles. The van der Waals surface area contributed by atoms with E-state index in [0.29, 0.717) is 29.5 Å². The number of aromatic nitrogens is 2. The molecule has 1 aromatic carbocycles. The first-order chi connectivity index (χ1) is 12.1. The van der Waals surface area contributed by atoms with Gasteiger partial charge in [0.25, 0.3) is 0 Å². The van der Waals surface area contributed by atoms with Gasteiger partial charge in [-0.2, -0.15) is 0 Å². The summed E-state index contributed by atoms with van der Waals surface area (Å²) in [6.45, 7) is 3.85. The molecule has 2 aromatic rings. The van der Waals surface area contributed by atoms with Crippen molar-refractivity contribution < 1.29 is 4.79 Å². The molecule has 3 rings (SSSR count). The summed E-state index contributed by atoms with van der Waals surface area (Å²) in [5.74, 6) is 0.654. The fraction of sp³-hybridized carbons (Fsp3) is 0.389. The Morgan fingerprint density at radius 1 is 1.20 bits per heavy atom. The summed E-state index contributed by atoms with van der Waals surface area (Å²) in [6.07, 6.45) is 4.36. The minimum Gasteiger partial charge on any atom is -0.338 e. The van der Waals surface area contributed by atoms with Gasteiger partial charge in [-0.25, -0.2) is 9.97 Å². The first kappa shape index (κ1) is 17.6. The van der Waals surface area contributed by atoms with E-state index in [1.54, 1.807) is 12.4 Å². The Balaban J connectivity index is 1.50. The van der Waals surface area contributed by atoms with Crippen LogP contribution in [0.2, 0.25) is 5.02 Å². The van der Waals surface area contributed by atoms with Gasteiger partial charge in [0.15, 0.2) is 0 Å². The third-order valence-electron chi connectivity index (χ3n) is 4.24. The highest BCUT2D eigenvalue weighted by atomic mass is 35.5. The maximum Gasteiger partial charge on any atom is 0.225 e. The van der Waals surface area contributed by atoms with Crippen molar-refractivity contribution in [1.29, 1.82) is 0 Å². The maximum absolute atomic E-state index is 12.1. The molecule has 6 nitrogen and oxygen atoms in total. The highest BCUT2D eigenvalue weighted by Crippen LogP contribution is 2.14. The number of amides is 1. The Hall–Kier alpha value is -2.18. The Bertz CT molecular complexity index is 714. The van der Waals surface area contributed by atoms with Gasteiger partial charge in [0.1, 0.15) is 0 Å². The van der Waals surface area contributed by atoms with Gasteiger partial charge in [-0.1, -0.05) is 23.7 Å². The van der Waals surface area contributed by atoms with Crippen LogP contribution in [0.15, 0.2) is 36.7 Å². The van der Waals surface area contributed by atoms with Gasteiger partial charge in [-0.15, -0.1) is 0 Å². The lowest BCUT2D eigenvalue weighted by Gasteiger charge is -2.32. The van der Waals surface area contributed by atoms with E-state index in [4.69, 9.17) is 11.6 Å². The number of hydrogen-bond donors (Lipinski definition) is 1. The second-order valence-electron chi connectivity index (χ2n) is 6.24. The number of aryl methyl sites for hydroxylation is 1. The van der Waals surface area contributed by atoms with Gasteiger partial charge >= 0.3 is 0 Å². The maximum atomic E-state index is 12.1. The van der Waals surface area contributed by atoms with Crippen molar-refractivity contribution in [3.63, 3.8) is 0 Å². The zero-order valence-electron chi connectivity index (χ0n) is 14.3. The molecule has 0 spiro atoms. The van der Waals surface area contributed by atoms with Crippen LogP contribution in [0.25, 0.3) is 0 Å². The molecular weight excluding hydrogens is 338 g/mol. The van der Waals surface area contributed by atoms with Crippen LogP contribution in [0.5, 0.6) is 0 Å². The zero-order valence-corrected chi connectivity index (χ0v) is 15.0. The minimum absolute atomic E-state index is 0.0593. The SMILES string of the molecule is CN1CCN(c2ncc(NC(=O)CCc3cccc(Cl)c3)cn2)CC1. The number of nitrogens with zero attached hydrogens (tertiary/aromatic N) is 4. The number of hydrogen-bond acceptors (Lipinski definition) is 5. The lowest BCUT2D eigenvalue weighted by molar-refractivity contribution is -0.116. The molecule has 0 bridgehead atoms. The second kappa shape index (κ2) is 8.27. The van der Waals surface area contributed by atoms with E-state index in [-0.39, 0.29) is 5.91 Å². The molecule has 2 heterocycles. The van der Waals surface area contributed by atoms with Gasteiger partial charge < -0.3 is 15.1 Å². The van der Waals surface area contributed by atoms with Crippen LogP contribution in [0.4, 0.5) is 11.6 Å². The summed E-state index contributed by atoms with van der Waals surface area (Å²) in [6, 6.07) is 7.56. The molecule has 7 heteroatoms. The average molecular weight is 360 g/mol. The van der Waals surface area contributed by atoms with Crippen LogP contribution < -0.4 is 10.2 Å². The van der Waals surface area contributed by atoms with Crippen LogP contribution >= 0.6 is 11.6 Å². The largest absolute Gasteiger partial charge is 0.338 e. The zero-order chi connectivity index (χ0) is 17.6. The number of nitrogens with one attached hydrogen (secondary N) is 1. The lowest BCUT2D eigenvalue weighted by Crippen LogP contribution is -2.45. The van der Waals surface area contributed by atoms with E-state index in [1.165, 1.54) is 0 Å². The number of carbonyl (C=O) groups excluding carboxylic acids is 1. The summed E-state index contributed by atoms with van der Waals surface area (Å²) in [5, 5.41) is 3.53. The number of likely N-dealkylation sites (N-methyl/N-ethyl adjacent to an activating group) is 1. The second-order valence-corrected chi connectivity index (χ2v) is 6.68. The minimum atomic E-state index is -0.0593. The molecule has 132 valence electrons. The molecule has 0 unspecified atom stereocenters. The Morgan fingerprint density at radius 2 is 1.92 bits per heavy atom. The predicted molar refractivity (Wildman–Crippen MR) is 100 cm³/mol. The molecule has 25 heavy (non-hydrogen) atoms. The summed E-state index contributed by atoms with van der Waals surface area (Å²) >= 11 is 5.95. The molecule has 1 saturated heterocycles. The molecule has 1 N–H and O–H groups in total. The topological polar surface area (TPSA) is 61.4 Å². The molecule has 1 aliphatic rings. The van der Waals surface area contributed by atoms with E-state index >= 15 is 0 Å². The first-order valence-corrected chi connectivity index (χ1v) is 8.78. The van der Waals surface area contributed by atoms with Gasteiger partial charge in [0, 0.05) is 37.6 Å². The van der Waals surface area contributed by atoms with Gasteiger partial charge in [0.2, 0.25) is 11.9 Å². The number of rotatable bonds is 5. The van der Waals surface area contributed by atoms with E-state index in [0.717, 1.165) is 31.7 Å². The fourth-order valence-corrected chi connectivity index (χ4v) is 2.94. The molecule has 1 aromatic heterocycles. The summed E-state index contributed by atoms with van der Waals surface area (Å²) < 4.78 is 0. The van der Waals surface area contributed by atoms with Crippen LogP contribution in [0.1, 0.15) is 12.0 Å². The predicted octanol–water partition coefficient (Wildman–Crippen LogP) is 2.45. The molecule has 1 fully saturated rings. The molecule has 0 radical (unpaired) electrons. The highest BCUT2D eigenvalue weighted by molar-refractivity contribution is 6.30. The first-order valence-electron chi connectivity index (χ1n) is 8.40. The molecule has 1 amide bonds. The number of halogens is 1. The van der Waals surface area contributed by atoms with Gasteiger partial charge in [-0.05, 0) is 31.2 Å². The van der Waals surface area contributed by atoms with Crippen LogP contribution in [-0.4, -0.2) is 54.0 Å². The number of piperazine rings is 1. The Kier molecular flexibility index (Phi) is 5.83. The Labute approximate surface area is 152 Å². The summed E-state index contributed by atoms with van der Waals surface area (Å²) in [4.78, 5) is 25.3.